The van der Waals surface area contributed by atoms with Gasteiger partial charge in [0.15, 0.2) is 0 Å². The van der Waals surface area contributed by atoms with Crippen LogP contribution in [0.2, 0.25) is 0 Å². The third-order valence-corrected chi connectivity index (χ3v) is 3.74. The van der Waals surface area contributed by atoms with Gasteiger partial charge in [-0.3, -0.25) is 4.79 Å². The molecule has 4 nitrogen and oxygen atoms in total. The van der Waals surface area contributed by atoms with Gasteiger partial charge in [0.2, 0.25) is 5.91 Å². The van der Waals surface area contributed by atoms with Gasteiger partial charge >= 0.3 is 0 Å². The van der Waals surface area contributed by atoms with Crippen LogP contribution in [0.25, 0.3) is 0 Å². The lowest BCUT2D eigenvalue weighted by Crippen LogP contribution is -2.42. The van der Waals surface area contributed by atoms with Crippen LogP contribution in [0.15, 0.2) is 0 Å². The Balaban J connectivity index is 2.29. The molecule has 0 aromatic carbocycles. The first-order valence-electron chi connectivity index (χ1n) is 6.41. The molecule has 4 heteroatoms. The average Bonchev–Trinajstić information content (AvgIpc) is 2.28. The highest BCUT2D eigenvalue weighted by Crippen LogP contribution is 2.39. The molecule has 0 radical (unpaired) electrons. The summed E-state index contributed by atoms with van der Waals surface area (Å²) in [7, 11) is 0. The van der Waals surface area contributed by atoms with E-state index in [4.69, 9.17) is 5.73 Å². The van der Waals surface area contributed by atoms with E-state index in [1.807, 2.05) is 0 Å². The summed E-state index contributed by atoms with van der Waals surface area (Å²) in [6.45, 7) is 4.64. The number of carbonyl (C=O) groups excluding carboxylic acids is 2. The lowest BCUT2D eigenvalue weighted by atomic mass is 9.71. The zero-order chi connectivity index (χ0) is 12.9. The molecule has 0 spiro atoms. The minimum Gasteiger partial charge on any atom is -0.348 e. The second-order valence-corrected chi connectivity index (χ2v) is 5.86. The molecular weight excluding hydrogens is 216 g/mol. The number of nitrogens with two attached hydrogens (primary N) is 1. The van der Waals surface area contributed by atoms with Crippen molar-refractivity contribution in [2.24, 2.45) is 17.1 Å². The minimum atomic E-state index is -0.471. The predicted molar refractivity (Wildman–Crippen MR) is 67.4 cm³/mol. The first kappa shape index (κ1) is 14.2. The third kappa shape index (κ3) is 4.86. The van der Waals surface area contributed by atoms with Crippen molar-refractivity contribution in [3.05, 3.63) is 0 Å². The number of hydrogen-bond acceptors (Lipinski definition) is 3. The van der Waals surface area contributed by atoms with Crippen LogP contribution in [0.4, 0.5) is 0 Å². The summed E-state index contributed by atoms with van der Waals surface area (Å²) in [6, 6.07) is -0.471. The van der Waals surface area contributed by atoms with Crippen LogP contribution < -0.4 is 11.1 Å². The first-order valence-corrected chi connectivity index (χ1v) is 6.41. The molecule has 1 saturated carbocycles. The van der Waals surface area contributed by atoms with E-state index in [1.165, 1.54) is 12.8 Å². The monoisotopic (exact) mass is 240 g/mol. The van der Waals surface area contributed by atoms with Gasteiger partial charge in [0, 0.05) is 0 Å². The summed E-state index contributed by atoms with van der Waals surface area (Å²) in [6.07, 6.45) is 6.14. The first-order chi connectivity index (χ1) is 7.94. The van der Waals surface area contributed by atoms with Crippen molar-refractivity contribution in [1.82, 2.24) is 5.32 Å². The molecule has 0 aliphatic heterocycles. The normalized spacial score (nSPS) is 21.8. The fourth-order valence-corrected chi connectivity index (χ4v) is 2.43. The second kappa shape index (κ2) is 6.15. The molecule has 17 heavy (non-hydrogen) atoms. The molecule has 0 aromatic heterocycles. The summed E-state index contributed by atoms with van der Waals surface area (Å²) in [5.41, 5.74) is 6.27. The molecule has 1 amide bonds. The second-order valence-electron chi connectivity index (χ2n) is 5.86. The quantitative estimate of drug-likeness (QED) is 0.710. The molecular formula is C13H24N2O2. The Morgan fingerprint density at radius 2 is 2.06 bits per heavy atom. The van der Waals surface area contributed by atoms with Gasteiger partial charge < -0.3 is 15.8 Å². The number of amides is 1. The molecule has 0 aromatic rings. The highest BCUT2D eigenvalue weighted by Gasteiger charge is 2.28. The van der Waals surface area contributed by atoms with Gasteiger partial charge in [-0.15, -0.1) is 0 Å². The molecule has 1 aliphatic rings. The lowest BCUT2D eigenvalue weighted by Gasteiger charge is -2.35. The van der Waals surface area contributed by atoms with Gasteiger partial charge in [-0.1, -0.05) is 13.8 Å². The highest BCUT2D eigenvalue weighted by atomic mass is 16.2. The summed E-state index contributed by atoms with van der Waals surface area (Å²) in [5, 5.41) is 2.51. The summed E-state index contributed by atoms with van der Waals surface area (Å²) < 4.78 is 0. The lowest BCUT2D eigenvalue weighted by molar-refractivity contribution is -0.124. The van der Waals surface area contributed by atoms with E-state index < -0.39 is 6.04 Å². The molecule has 1 unspecified atom stereocenters. The zero-order valence-electron chi connectivity index (χ0n) is 10.9. The van der Waals surface area contributed by atoms with Gasteiger partial charge in [-0.05, 0) is 43.4 Å². The molecule has 1 aliphatic carbocycles. The summed E-state index contributed by atoms with van der Waals surface area (Å²) in [4.78, 5) is 21.6. The molecule has 1 fully saturated rings. The maximum absolute atomic E-state index is 11.5. The SMILES string of the molecule is CC1(C)CCC(CC(N)C(=O)NCC=O)CC1. The van der Waals surface area contributed by atoms with Crippen molar-refractivity contribution in [1.29, 1.82) is 0 Å². The van der Waals surface area contributed by atoms with Crippen LogP contribution in [-0.4, -0.2) is 24.8 Å². The minimum absolute atomic E-state index is 0.0598. The number of aldehydes is 1. The van der Waals surface area contributed by atoms with Gasteiger partial charge in [-0.2, -0.15) is 0 Å². The van der Waals surface area contributed by atoms with Crippen molar-refractivity contribution in [2.45, 2.75) is 52.0 Å². The fraction of sp³-hybridized carbons (Fsp3) is 0.846. The van der Waals surface area contributed by atoms with Gasteiger partial charge in [0.05, 0.1) is 12.6 Å². The Morgan fingerprint density at radius 3 is 2.59 bits per heavy atom. The number of carbonyl (C=O) groups is 2. The van der Waals surface area contributed by atoms with Gasteiger partial charge in [-0.25, -0.2) is 0 Å². The Bertz CT molecular complexity index is 267. The van der Waals surface area contributed by atoms with E-state index in [9.17, 15) is 9.59 Å². The fourth-order valence-electron chi connectivity index (χ4n) is 2.43. The number of nitrogens with one attached hydrogen (secondary N) is 1. The van der Waals surface area contributed by atoms with Crippen LogP contribution in [0.3, 0.4) is 0 Å². The molecule has 1 atom stereocenters. The van der Waals surface area contributed by atoms with Gasteiger partial charge in [0.1, 0.15) is 6.29 Å². The van der Waals surface area contributed by atoms with Crippen molar-refractivity contribution < 1.29 is 9.59 Å². The van der Waals surface area contributed by atoms with Crippen molar-refractivity contribution in [3.8, 4) is 0 Å². The molecule has 0 saturated heterocycles. The van der Waals surface area contributed by atoms with E-state index in [1.54, 1.807) is 0 Å². The van der Waals surface area contributed by atoms with E-state index >= 15 is 0 Å². The Kier molecular flexibility index (Phi) is 5.12. The zero-order valence-corrected chi connectivity index (χ0v) is 10.9. The third-order valence-electron chi connectivity index (χ3n) is 3.74. The van der Waals surface area contributed by atoms with Gasteiger partial charge in [0.25, 0.3) is 0 Å². The Hall–Kier alpha value is -0.900. The van der Waals surface area contributed by atoms with Crippen LogP contribution >= 0.6 is 0 Å². The van der Waals surface area contributed by atoms with Crippen molar-refractivity contribution in [3.63, 3.8) is 0 Å². The van der Waals surface area contributed by atoms with Crippen LogP contribution in [-0.2, 0) is 9.59 Å². The van der Waals surface area contributed by atoms with E-state index in [0.717, 1.165) is 19.3 Å². The van der Waals surface area contributed by atoms with E-state index in [0.29, 0.717) is 17.6 Å². The number of hydrogen-bond donors (Lipinski definition) is 2. The average molecular weight is 240 g/mol. The predicted octanol–water partition coefficient (Wildman–Crippen LogP) is 1.24. The highest BCUT2D eigenvalue weighted by molar-refractivity contribution is 5.83. The Labute approximate surface area is 103 Å². The van der Waals surface area contributed by atoms with E-state index in [-0.39, 0.29) is 12.5 Å². The molecule has 3 N–H and O–H groups in total. The van der Waals surface area contributed by atoms with Crippen LogP contribution in [0, 0.1) is 11.3 Å². The van der Waals surface area contributed by atoms with Crippen LogP contribution in [0.1, 0.15) is 46.0 Å². The van der Waals surface area contributed by atoms with Crippen molar-refractivity contribution >= 4 is 12.2 Å². The molecule has 0 bridgehead atoms. The summed E-state index contributed by atoms with van der Waals surface area (Å²) in [5.74, 6) is 0.349. The maximum Gasteiger partial charge on any atom is 0.237 e. The molecule has 98 valence electrons. The molecule has 1 rings (SSSR count). The maximum atomic E-state index is 11.5. The largest absolute Gasteiger partial charge is 0.348 e. The summed E-state index contributed by atoms with van der Waals surface area (Å²) >= 11 is 0. The van der Waals surface area contributed by atoms with Crippen LogP contribution in [0.5, 0.6) is 0 Å². The Morgan fingerprint density at radius 1 is 1.47 bits per heavy atom. The standard InChI is InChI=1S/C13H24N2O2/c1-13(2)5-3-10(4-6-13)9-11(14)12(17)15-7-8-16/h8,10-11H,3-7,9,14H2,1-2H3,(H,15,17). The topological polar surface area (TPSA) is 72.2 Å². The smallest absolute Gasteiger partial charge is 0.237 e. The molecule has 0 heterocycles. The van der Waals surface area contributed by atoms with Crippen molar-refractivity contribution in [2.75, 3.05) is 6.54 Å². The number of rotatable bonds is 5. The van der Waals surface area contributed by atoms with E-state index in [2.05, 4.69) is 19.2 Å².